The molecular formula is C6H11N3. The van der Waals surface area contributed by atoms with Crippen molar-refractivity contribution in [3.63, 3.8) is 0 Å². The number of allylic oxidation sites excluding steroid dienone is 2. The van der Waals surface area contributed by atoms with Gasteiger partial charge in [-0.25, -0.2) is 0 Å². The lowest BCUT2D eigenvalue weighted by Gasteiger charge is -1.81. The van der Waals surface area contributed by atoms with E-state index in [2.05, 4.69) is 4.99 Å². The van der Waals surface area contributed by atoms with Crippen LogP contribution in [0.3, 0.4) is 0 Å². The minimum Gasteiger partial charge on any atom is -0.386 e. The molecule has 0 amide bonds. The molecule has 0 saturated heterocycles. The first-order chi connectivity index (χ1) is 4.27. The van der Waals surface area contributed by atoms with Crippen LogP contribution in [0.5, 0.6) is 0 Å². The first-order valence-corrected chi connectivity index (χ1v) is 2.63. The van der Waals surface area contributed by atoms with Crippen LogP contribution < -0.4 is 11.5 Å². The van der Waals surface area contributed by atoms with E-state index in [4.69, 9.17) is 11.5 Å². The Balaban J connectivity index is 3.60. The average Bonchev–Trinajstić information content (AvgIpc) is 1.80. The Labute approximate surface area is 54.8 Å². The van der Waals surface area contributed by atoms with Gasteiger partial charge in [-0.2, -0.15) is 0 Å². The highest BCUT2D eigenvalue weighted by Crippen LogP contribution is 1.72. The lowest BCUT2D eigenvalue weighted by Crippen LogP contribution is -2.07. The molecule has 0 aromatic rings. The van der Waals surface area contributed by atoms with Gasteiger partial charge in [-0.1, -0.05) is 6.08 Å². The number of nitrogens with two attached hydrogens (primary N) is 2. The van der Waals surface area contributed by atoms with Gasteiger partial charge in [-0.05, 0) is 13.0 Å². The fourth-order valence-electron chi connectivity index (χ4n) is 0.265. The Morgan fingerprint density at radius 2 is 2.11 bits per heavy atom. The van der Waals surface area contributed by atoms with Gasteiger partial charge in [0.2, 0.25) is 0 Å². The van der Waals surface area contributed by atoms with E-state index >= 15 is 0 Å². The highest BCUT2D eigenvalue weighted by Gasteiger charge is 1.67. The van der Waals surface area contributed by atoms with Crippen LogP contribution in [0.15, 0.2) is 29.2 Å². The topological polar surface area (TPSA) is 64.4 Å². The van der Waals surface area contributed by atoms with Crippen molar-refractivity contribution in [2.24, 2.45) is 16.5 Å². The van der Waals surface area contributed by atoms with E-state index in [9.17, 15) is 0 Å². The zero-order chi connectivity index (χ0) is 7.11. The summed E-state index contributed by atoms with van der Waals surface area (Å²) in [6, 6.07) is 0. The fraction of sp³-hybridized carbons (Fsp3) is 0.167. The van der Waals surface area contributed by atoms with Crippen molar-refractivity contribution in [2.75, 3.05) is 0 Å². The Morgan fingerprint density at radius 3 is 2.56 bits per heavy atom. The van der Waals surface area contributed by atoms with Gasteiger partial charge < -0.3 is 11.5 Å². The Hall–Kier alpha value is -1.25. The number of aliphatic imine (C=N–C) groups is 1. The summed E-state index contributed by atoms with van der Waals surface area (Å²) in [4.78, 5) is 3.79. The molecule has 0 atom stereocenters. The molecule has 0 heterocycles. The largest absolute Gasteiger partial charge is 0.386 e. The van der Waals surface area contributed by atoms with Gasteiger partial charge in [0.25, 0.3) is 0 Å². The number of nitrogens with zero attached hydrogens (tertiary/aromatic N) is 1. The van der Waals surface area contributed by atoms with Crippen LogP contribution in [-0.2, 0) is 0 Å². The summed E-state index contributed by atoms with van der Waals surface area (Å²) < 4.78 is 0. The monoisotopic (exact) mass is 125 g/mol. The molecule has 0 unspecified atom stereocenters. The van der Waals surface area contributed by atoms with E-state index in [1.807, 2.05) is 13.0 Å². The van der Waals surface area contributed by atoms with Crippen LogP contribution in [-0.4, -0.2) is 6.21 Å². The third kappa shape index (κ3) is 6.75. The molecule has 4 N–H and O–H groups in total. The van der Waals surface area contributed by atoms with E-state index in [0.29, 0.717) is 0 Å². The summed E-state index contributed by atoms with van der Waals surface area (Å²) in [5, 5.41) is 0. The molecule has 3 heteroatoms. The van der Waals surface area contributed by atoms with Crippen molar-refractivity contribution in [1.29, 1.82) is 0 Å². The summed E-state index contributed by atoms with van der Waals surface area (Å²) in [5.74, 6) is 0.267. The molecule has 0 fully saturated rings. The summed E-state index contributed by atoms with van der Waals surface area (Å²) in [7, 11) is 0. The average molecular weight is 125 g/mol. The summed E-state index contributed by atoms with van der Waals surface area (Å²) in [6.45, 7) is 1.88. The van der Waals surface area contributed by atoms with Gasteiger partial charge in [-0.15, -0.1) is 0 Å². The molecule has 3 nitrogen and oxygen atoms in total. The van der Waals surface area contributed by atoms with Crippen molar-refractivity contribution in [3.05, 3.63) is 24.2 Å². The summed E-state index contributed by atoms with van der Waals surface area (Å²) >= 11 is 0. The number of hydrogen-bond donors (Lipinski definition) is 2. The maximum Gasteiger partial charge on any atom is 0.0949 e. The molecule has 0 aliphatic rings. The maximum atomic E-state index is 5.10. The molecule has 0 bridgehead atoms. The van der Waals surface area contributed by atoms with Crippen LogP contribution in [0, 0.1) is 0 Å². The van der Waals surface area contributed by atoms with Crippen molar-refractivity contribution in [1.82, 2.24) is 0 Å². The van der Waals surface area contributed by atoms with Crippen molar-refractivity contribution in [2.45, 2.75) is 6.92 Å². The van der Waals surface area contributed by atoms with E-state index in [1.54, 1.807) is 6.20 Å². The number of hydrogen-bond acceptors (Lipinski definition) is 3. The van der Waals surface area contributed by atoms with Crippen LogP contribution in [0.4, 0.5) is 0 Å². The van der Waals surface area contributed by atoms with E-state index in [1.165, 1.54) is 12.3 Å². The molecule has 9 heavy (non-hydrogen) atoms. The highest BCUT2D eigenvalue weighted by atomic mass is 14.8. The van der Waals surface area contributed by atoms with Gasteiger partial charge in [0.05, 0.1) is 5.82 Å². The maximum absolute atomic E-state index is 5.10. The second-order valence-electron chi connectivity index (χ2n) is 1.45. The van der Waals surface area contributed by atoms with Crippen molar-refractivity contribution < 1.29 is 0 Å². The summed E-state index contributed by atoms with van der Waals surface area (Å²) in [6.07, 6.45) is 6.53. The molecule has 0 spiro atoms. The number of rotatable bonds is 2. The molecule has 0 radical (unpaired) electrons. The molecule has 0 rings (SSSR count). The van der Waals surface area contributed by atoms with Crippen LogP contribution in [0.1, 0.15) is 6.92 Å². The molecule has 0 aliphatic carbocycles. The minimum absolute atomic E-state index is 0.267. The Kier molecular flexibility index (Phi) is 4.22. The first kappa shape index (κ1) is 7.75. The van der Waals surface area contributed by atoms with Crippen molar-refractivity contribution in [3.8, 4) is 0 Å². The zero-order valence-corrected chi connectivity index (χ0v) is 5.41. The molecular weight excluding hydrogens is 114 g/mol. The van der Waals surface area contributed by atoms with E-state index in [0.717, 1.165) is 0 Å². The normalized spacial score (nSPS) is 10.8. The molecule has 0 aliphatic heterocycles. The van der Waals surface area contributed by atoms with E-state index < -0.39 is 0 Å². The van der Waals surface area contributed by atoms with Crippen LogP contribution in [0.2, 0.25) is 0 Å². The van der Waals surface area contributed by atoms with Gasteiger partial charge in [0.1, 0.15) is 0 Å². The van der Waals surface area contributed by atoms with Gasteiger partial charge in [-0.3, -0.25) is 4.99 Å². The summed E-state index contributed by atoms with van der Waals surface area (Å²) in [5.41, 5.74) is 10.2. The lowest BCUT2D eigenvalue weighted by molar-refractivity contribution is 1.26. The Morgan fingerprint density at radius 1 is 1.44 bits per heavy atom. The third-order valence-electron chi connectivity index (χ3n) is 0.588. The SMILES string of the molecule is C/C=C/N=C\C=C(N)N. The molecule has 0 aromatic carbocycles. The first-order valence-electron chi connectivity index (χ1n) is 2.63. The van der Waals surface area contributed by atoms with Crippen LogP contribution in [0.25, 0.3) is 0 Å². The second kappa shape index (κ2) is 4.90. The molecule has 0 saturated carbocycles. The minimum atomic E-state index is 0.267. The predicted molar refractivity (Wildman–Crippen MR) is 39.8 cm³/mol. The quantitative estimate of drug-likeness (QED) is 0.523. The zero-order valence-electron chi connectivity index (χ0n) is 5.41. The predicted octanol–water partition coefficient (Wildman–Crippen LogP) is 0.350. The van der Waals surface area contributed by atoms with Crippen molar-refractivity contribution >= 4 is 6.21 Å². The lowest BCUT2D eigenvalue weighted by atomic mass is 10.6. The fourth-order valence-corrected chi connectivity index (χ4v) is 0.265. The van der Waals surface area contributed by atoms with Gasteiger partial charge in [0, 0.05) is 12.4 Å². The highest BCUT2D eigenvalue weighted by molar-refractivity contribution is 5.72. The third-order valence-corrected chi connectivity index (χ3v) is 0.588. The van der Waals surface area contributed by atoms with E-state index in [-0.39, 0.29) is 5.82 Å². The van der Waals surface area contributed by atoms with Gasteiger partial charge >= 0.3 is 0 Å². The molecule has 50 valence electrons. The standard InChI is InChI=1S/C6H11N3/c1-2-4-9-5-3-6(7)8/h2-5H,7-8H2,1H3/b4-2+,9-5-. The molecule has 0 aromatic heterocycles. The van der Waals surface area contributed by atoms with Gasteiger partial charge in [0.15, 0.2) is 0 Å². The smallest absolute Gasteiger partial charge is 0.0949 e. The Bertz CT molecular complexity index is 140. The van der Waals surface area contributed by atoms with Crippen LogP contribution >= 0.6 is 0 Å². The second-order valence-corrected chi connectivity index (χ2v) is 1.45.